The highest BCUT2D eigenvalue weighted by molar-refractivity contribution is 5.83. The number of anilines is 1. The Morgan fingerprint density at radius 3 is 2.72 bits per heavy atom. The summed E-state index contributed by atoms with van der Waals surface area (Å²) in [5.41, 5.74) is 11.4. The molecule has 1 aliphatic carbocycles. The Labute approximate surface area is 146 Å². The summed E-state index contributed by atoms with van der Waals surface area (Å²) in [6.07, 6.45) is 6.71. The molecular weight excluding hydrogens is 312 g/mol. The van der Waals surface area contributed by atoms with Crippen molar-refractivity contribution in [2.24, 2.45) is 18.2 Å². The third kappa shape index (κ3) is 2.10. The van der Waals surface area contributed by atoms with Gasteiger partial charge >= 0.3 is 0 Å². The van der Waals surface area contributed by atoms with Crippen molar-refractivity contribution in [1.82, 2.24) is 19.5 Å². The van der Waals surface area contributed by atoms with Gasteiger partial charge < -0.3 is 15.2 Å². The summed E-state index contributed by atoms with van der Waals surface area (Å²) in [6.45, 7) is 1.93. The van der Waals surface area contributed by atoms with E-state index in [0.717, 1.165) is 49.3 Å². The summed E-state index contributed by atoms with van der Waals surface area (Å²) in [5.74, 6) is 0.949. The number of piperidine rings is 1. The first-order valence-corrected chi connectivity index (χ1v) is 8.88. The molecule has 3 aromatic rings. The smallest absolute Gasteiger partial charge is 0.165 e. The van der Waals surface area contributed by atoms with Gasteiger partial charge in [0.25, 0.3) is 0 Å². The van der Waals surface area contributed by atoms with E-state index in [2.05, 4.69) is 44.1 Å². The van der Waals surface area contributed by atoms with Gasteiger partial charge in [-0.3, -0.25) is 0 Å². The molecule has 25 heavy (non-hydrogen) atoms. The number of fused-ring (bicyclic) bond motifs is 2. The van der Waals surface area contributed by atoms with E-state index in [1.165, 1.54) is 11.1 Å². The molecule has 6 nitrogen and oxygen atoms in total. The van der Waals surface area contributed by atoms with Crippen LogP contribution in [0.5, 0.6) is 0 Å². The SMILES string of the molecule is Cn1cnc2c(N3CCC4(CC3)Cc3ccccc3[C@H]4N)ncnc21. The number of hydrogen-bond acceptors (Lipinski definition) is 5. The lowest BCUT2D eigenvalue weighted by Gasteiger charge is -2.42. The Bertz CT molecular complexity index is 938. The molecule has 2 N–H and O–H groups in total. The molecule has 6 heteroatoms. The van der Waals surface area contributed by atoms with Crippen LogP contribution in [0.3, 0.4) is 0 Å². The maximum absolute atomic E-state index is 6.67. The first-order chi connectivity index (χ1) is 12.2. The summed E-state index contributed by atoms with van der Waals surface area (Å²) in [7, 11) is 1.96. The van der Waals surface area contributed by atoms with Gasteiger partial charge in [0.1, 0.15) is 6.33 Å². The van der Waals surface area contributed by atoms with E-state index in [4.69, 9.17) is 5.73 Å². The van der Waals surface area contributed by atoms with Crippen LogP contribution in [0.25, 0.3) is 11.2 Å². The molecule has 128 valence electrons. The molecule has 1 saturated heterocycles. The molecule has 3 heterocycles. The summed E-state index contributed by atoms with van der Waals surface area (Å²) in [6, 6.07) is 8.80. The molecule has 0 amide bonds. The summed E-state index contributed by atoms with van der Waals surface area (Å²) < 4.78 is 1.94. The Morgan fingerprint density at radius 2 is 1.92 bits per heavy atom. The molecule has 2 aromatic heterocycles. The predicted molar refractivity (Wildman–Crippen MR) is 97.3 cm³/mol. The summed E-state index contributed by atoms with van der Waals surface area (Å²) in [4.78, 5) is 15.7. The predicted octanol–water partition coefficient (Wildman–Crippen LogP) is 2.21. The quantitative estimate of drug-likeness (QED) is 0.738. The lowest BCUT2D eigenvalue weighted by molar-refractivity contribution is 0.187. The number of aromatic nitrogens is 4. The van der Waals surface area contributed by atoms with Gasteiger partial charge in [-0.05, 0) is 35.8 Å². The topological polar surface area (TPSA) is 72.9 Å². The van der Waals surface area contributed by atoms with Crippen molar-refractivity contribution in [2.75, 3.05) is 18.0 Å². The minimum Gasteiger partial charge on any atom is -0.355 e. The van der Waals surface area contributed by atoms with Crippen LogP contribution in [-0.2, 0) is 13.5 Å². The molecule has 1 atom stereocenters. The Kier molecular flexibility index (Phi) is 3.12. The second-order valence-corrected chi connectivity index (χ2v) is 7.43. The van der Waals surface area contributed by atoms with Gasteiger partial charge in [-0.1, -0.05) is 24.3 Å². The van der Waals surface area contributed by atoms with Crippen molar-refractivity contribution in [3.05, 3.63) is 48.0 Å². The number of rotatable bonds is 1. The molecule has 1 aliphatic heterocycles. The molecule has 0 saturated carbocycles. The van der Waals surface area contributed by atoms with E-state index in [1.54, 1.807) is 12.7 Å². The maximum atomic E-state index is 6.67. The maximum Gasteiger partial charge on any atom is 0.165 e. The van der Waals surface area contributed by atoms with Gasteiger partial charge in [-0.15, -0.1) is 0 Å². The van der Waals surface area contributed by atoms with Crippen LogP contribution < -0.4 is 10.6 Å². The monoisotopic (exact) mass is 334 g/mol. The number of nitrogens with zero attached hydrogens (tertiary/aromatic N) is 5. The molecule has 0 bridgehead atoms. The van der Waals surface area contributed by atoms with Gasteiger partial charge in [0.2, 0.25) is 0 Å². The van der Waals surface area contributed by atoms with Gasteiger partial charge in [0.15, 0.2) is 17.0 Å². The summed E-state index contributed by atoms with van der Waals surface area (Å²) >= 11 is 0. The standard InChI is InChI=1S/C19H22N6/c1-24-12-23-15-17(24)21-11-22-18(15)25-8-6-19(7-9-25)10-13-4-2-3-5-14(13)16(19)20/h2-5,11-12,16H,6-10,20H2,1H3/t16-/m1/s1. The van der Waals surface area contributed by atoms with Gasteiger partial charge in [-0.25, -0.2) is 15.0 Å². The highest BCUT2D eigenvalue weighted by Gasteiger charge is 2.46. The van der Waals surface area contributed by atoms with Crippen molar-refractivity contribution in [3.8, 4) is 0 Å². The van der Waals surface area contributed by atoms with Crippen molar-refractivity contribution in [3.63, 3.8) is 0 Å². The van der Waals surface area contributed by atoms with Crippen molar-refractivity contribution >= 4 is 17.0 Å². The number of benzene rings is 1. The Morgan fingerprint density at radius 1 is 1.12 bits per heavy atom. The highest BCUT2D eigenvalue weighted by atomic mass is 15.2. The van der Waals surface area contributed by atoms with E-state index in [9.17, 15) is 0 Å². The first kappa shape index (κ1) is 14.8. The van der Waals surface area contributed by atoms with E-state index in [-0.39, 0.29) is 11.5 Å². The number of imidazole rings is 1. The third-order valence-electron chi connectivity index (χ3n) is 6.13. The second-order valence-electron chi connectivity index (χ2n) is 7.43. The van der Waals surface area contributed by atoms with Crippen LogP contribution in [0.4, 0.5) is 5.82 Å². The number of aryl methyl sites for hydroxylation is 1. The van der Waals surface area contributed by atoms with Crippen LogP contribution in [0.15, 0.2) is 36.9 Å². The largest absolute Gasteiger partial charge is 0.355 e. The lowest BCUT2D eigenvalue weighted by atomic mass is 9.73. The average molecular weight is 334 g/mol. The molecular formula is C19H22N6. The average Bonchev–Trinajstić information content (AvgIpc) is 3.15. The molecule has 0 unspecified atom stereocenters. The Balaban J connectivity index is 1.42. The fraction of sp³-hybridized carbons (Fsp3) is 0.421. The third-order valence-corrected chi connectivity index (χ3v) is 6.13. The highest BCUT2D eigenvalue weighted by Crippen LogP contribution is 2.51. The van der Waals surface area contributed by atoms with Crippen molar-refractivity contribution in [2.45, 2.75) is 25.3 Å². The molecule has 0 radical (unpaired) electrons. The number of hydrogen-bond donors (Lipinski definition) is 1. The zero-order chi connectivity index (χ0) is 17.0. The minimum atomic E-state index is 0.145. The zero-order valence-electron chi connectivity index (χ0n) is 14.4. The molecule has 1 fully saturated rings. The summed E-state index contributed by atoms with van der Waals surface area (Å²) in [5, 5.41) is 0. The van der Waals surface area contributed by atoms with E-state index < -0.39 is 0 Å². The van der Waals surface area contributed by atoms with Crippen LogP contribution in [0.2, 0.25) is 0 Å². The fourth-order valence-electron chi connectivity index (χ4n) is 4.63. The van der Waals surface area contributed by atoms with Crippen LogP contribution in [0.1, 0.15) is 30.0 Å². The van der Waals surface area contributed by atoms with Crippen LogP contribution >= 0.6 is 0 Å². The zero-order valence-corrected chi connectivity index (χ0v) is 14.4. The second kappa shape index (κ2) is 5.26. The minimum absolute atomic E-state index is 0.145. The molecule has 5 rings (SSSR count). The van der Waals surface area contributed by atoms with Crippen LogP contribution in [-0.4, -0.2) is 32.6 Å². The van der Waals surface area contributed by atoms with Crippen molar-refractivity contribution in [1.29, 1.82) is 0 Å². The fourth-order valence-corrected chi connectivity index (χ4v) is 4.63. The lowest BCUT2D eigenvalue weighted by Crippen LogP contribution is -2.44. The normalized spacial score (nSPS) is 21.8. The Hall–Kier alpha value is -2.47. The van der Waals surface area contributed by atoms with E-state index in [0.29, 0.717) is 0 Å². The molecule has 2 aliphatic rings. The molecule has 1 aromatic carbocycles. The van der Waals surface area contributed by atoms with E-state index in [1.807, 2.05) is 11.6 Å². The molecule has 1 spiro atoms. The van der Waals surface area contributed by atoms with Gasteiger partial charge in [0, 0.05) is 26.2 Å². The van der Waals surface area contributed by atoms with Crippen molar-refractivity contribution < 1.29 is 0 Å². The van der Waals surface area contributed by atoms with Crippen LogP contribution in [0, 0.1) is 5.41 Å². The van der Waals surface area contributed by atoms with E-state index >= 15 is 0 Å². The first-order valence-electron chi connectivity index (χ1n) is 8.88. The van der Waals surface area contributed by atoms with Gasteiger partial charge in [-0.2, -0.15) is 0 Å². The van der Waals surface area contributed by atoms with Gasteiger partial charge in [0.05, 0.1) is 6.33 Å². The number of nitrogens with two attached hydrogens (primary N) is 1.